The Bertz CT molecular complexity index is 1260. The molecular weight excluding hydrogens is 494 g/mol. The first-order chi connectivity index (χ1) is 16.5. The molecule has 0 spiro atoms. The molecule has 2 amide bonds. The number of thioether (sulfide) groups is 1. The van der Waals surface area contributed by atoms with E-state index < -0.39 is 35.8 Å². The number of imidazole rings is 1. The van der Waals surface area contributed by atoms with E-state index in [1.165, 1.54) is 34.9 Å². The number of hydrogen-bond donors (Lipinski definition) is 4. The molecule has 0 unspecified atom stereocenters. The van der Waals surface area contributed by atoms with Crippen LogP contribution in [-0.2, 0) is 20.9 Å². The SMILES string of the molecule is C[C@@H](O)[C@H]1C(=O)N2C(C(=O)[O-])=C(c3cn4c[n+](CC(N)=O)c(SCCCN=C(N)N)c4s3)[C@H](C)[C@H]12. The minimum atomic E-state index is -1.43. The quantitative estimate of drug-likeness (QED) is 0.0677. The van der Waals surface area contributed by atoms with Crippen LogP contribution in [0, 0.1) is 11.8 Å². The van der Waals surface area contributed by atoms with Crippen LogP contribution in [-0.4, -0.2) is 62.6 Å². The van der Waals surface area contributed by atoms with Crippen molar-refractivity contribution in [3.8, 4) is 0 Å². The smallest absolute Gasteiger partial charge is 0.259 e. The standard InChI is InChI=1S/C21H27N7O5S2/c1-9-13(16(20(32)33)28-15(9)14(10(2)29)17(28)31)11-6-26-8-27(7-12(22)30)18(19(26)35-11)34-5-3-4-25-21(23)24/h6,8-10,14-15,29H,3-5,7H2,1-2H3,(H6-,22,23,24,25,30,32,33)/t9-,10+,14+,15+/m0/s1. The molecule has 2 aliphatic rings. The van der Waals surface area contributed by atoms with Crippen molar-refractivity contribution in [1.29, 1.82) is 0 Å². The monoisotopic (exact) mass is 521 g/mol. The number of nitrogens with zero attached hydrogens (tertiary/aromatic N) is 4. The Balaban J connectivity index is 1.70. The number of aromatic nitrogens is 2. The lowest BCUT2D eigenvalue weighted by atomic mass is 9.77. The Morgan fingerprint density at radius 2 is 2.09 bits per heavy atom. The number of thiazole rings is 1. The van der Waals surface area contributed by atoms with Crippen molar-refractivity contribution >= 4 is 57.2 Å². The summed E-state index contributed by atoms with van der Waals surface area (Å²) in [4.78, 5) is 43.0. The average Bonchev–Trinajstić information content (AvgIpc) is 3.35. The third-order valence-corrected chi connectivity index (χ3v) is 8.66. The van der Waals surface area contributed by atoms with Crippen LogP contribution < -0.4 is 26.9 Å². The number of carbonyl (C=O) groups is 3. The van der Waals surface area contributed by atoms with Crippen LogP contribution in [0.4, 0.5) is 0 Å². The Labute approximate surface area is 209 Å². The highest BCUT2D eigenvalue weighted by molar-refractivity contribution is 7.99. The third kappa shape index (κ3) is 4.36. The summed E-state index contributed by atoms with van der Waals surface area (Å²) in [6, 6.07) is -0.434. The van der Waals surface area contributed by atoms with Gasteiger partial charge in [-0.1, -0.05) is 30.0 Å². The Morgan fingerprint density at radius 3 is 2.69 bits per heavy atom. The normalized spacial score (nSPS) is 22.3. The second-order valence-electron chi connectivity index (χ2n) is 8.63. The van der Waals surface area contributed by atoms with Crippen molar-refractivity contribution in [2.45, 2.75) is 44.0 Å². The second-order valence-corrected chi connectivity index (χ2v) is 10.7. The second kappa shape index (κ2) is 9.51. The van der Waals surface area contributed by atoms with Crippen molar-refractivity contribution in [3.05, 3.63) is 23.1 Å². The topological polar surface area (TPSA) is 196 Å². The number of primary amides is 1. The summed E-state index contributed by atoms with van der Waals surface area (Å²) in [7, 11) is 0. The van der Waals surface area contributed by atoms with Crippen molar-refractivity contribution in [1.82, 2.24) is 9.30 Å². The number of guanidine groups is 1. The molecule has 1 saturated heterocycles. The summed E-state index contributed by atoms with van der Waals surface area (Å²) in [5.74, 6) is -2.60. The number of carbonyl (C=O) groups excluding carboxylic acids is 3. The highest BCUT2D eigenvalue weighted by Gasteiger charge is 2.59. The van der Waals surface area contributed by atoms with Crippen molar-refractivity contribution < 1.29 is 29.2 Å². The molecular formula is C21H27N7O5S2. The lowest BCUT2D eigenvalue weighted by molar-refractivity contribution is -0.717. The van der Waals surface area contributed by atoms with E-state index in [1.54, 1.807) is 17.1 Å². The zero-order valence-corrected chi connectivity index (χ0v) is 20.8. The first-order valence-electron chi connectivity index (χ1n) is 11.0. The van der Waals surface area contributed by atoms with E-state index in [0.29, 0.717) is 29.2 Å². The van der Waals surface area contributed by atoms with Crippen LogP contribution in [0.2, 0.25) is 0 Å². The number of aliphatic hydroxyl groups is 1. The molecule has 7 N–H and O–H groups in total. The van der Waals surface area contributed by atoms with Gasteiger partial charge in [0.25, 0.3) is 12.2 Å². The number of carboxylic acid groups (broad SMARTS) is 1. The molecule has 1 fully saturated rings. The fourth-order valence-electron chi connectivity index (χ4n) is 4.81. The maximum absolute atomic E-state index is 12.6. The first-order valence-corrected chi connectivity index (χ1v) is 12.8. The molecule has 35 heavy (non-hydrogen) atoms. The Kier molecular flexibility index (Phi) is 6.79. The summed E-state index contributed by atoms with van der Waals surface area (Å²) in [5.41, 5.74) is 16.5. The van der Waals surface area contributed by atoms with Gasteiger partial charge >= 0.3 is 0 Å². The first kappa shape index (κ1) is 25.0. The average molecular weight is 522 g/mol. The summed E-state index contributed by atoms with van der Waals surface area (Å²) in [5, 5.41) is 22.9. The van der Waals surface area contributed by atoms with Gasteiger partial charge in [0.2, 0.25) is 15.8 Å². The molecule has 12 nitrogen and oxygen atoms in total. The van der Waals surface area contributed by atoms with Gasteiger partial charge in [-0.3, -0.25) is 14.6 Å². The van der Waals surface area contributed by atoms with E-state index in [-0.39, 0.29) is 24.1 Å². The fraction of sp³-hybridized carbons (Fsp3) is 0.476. The number of fused-ring (bicyclic) bond motifs is 2. The molecule has 4 atom stereocenters. The van der Waals surface area contributed by atoms with E-state index in [9.17, 15) is 24.6 Å². The summed E-state index contributed by atoms with van der Waals surface area (Å²) < 4.78 is 3.56. The zero-order valence-electron chi connectivity index (χ0n) is 19.2. The fourth-order valence-corrected chi connectivity index (χ4v) is 7.26. The maximum Gasteiger partial charge on any atom is 0.259 e. The third-order valence-electron chi connectivity index (χ3n) is 6.20. The predicted molar refractivity (Wildman–Crippen MR) is 128 cm³/mol. The molecule has 2 aromatic rings. The predicted octanol–water partition coefficient (Wildman–Crippen LogP) is -2.15. The lowest BCUT2D eigenvalue weighted by Gasteiger charge is -2.47. The van der Waals surface area contributed by atoms with Crippen molar-refractivity contribution in [2.75, 3.05) is 12.3 Å². The number of carboxylic acids is 1. The molecule has 4 rings (SSSR count). The molecule has 14 heteroatoms. The molecule has 188 valence electrons. The van der Waals surface area contributed by atoms with E-state index >= 15 is 0 Å². The van der Waals surface area contributed by atoms with Crippen LogP contribution in [0.25, 0.3) is 10.4 Å². The molecule has 0 saturated carbocycles. The molecule has 4 heterocycles. The van der Waals surface area contributed by atoms with Gasteiger partial charge in [0.05, 0.1) is 34.6 Å². The number of amides is 2. The van der Waals surface area contributed by atoms with Crippen LogP contribution in [0.5, 0.6) is 0 Å². The minimum absolute atomic E-state index is 0.0101. The van der Waals surface area contributed by atoms with E-state index in [1.807, 2.05) is 11.3 Å². The van der Waals surface area contributed by atoms with Crippen LogP contribution in [0.15, 0.2) is 28.2 Å². The summed E-state index contributed by atoms with van der Waals surface area (Å²) in [6.45, 7) is 3.84. The Hall–Kier alpha value is -3.10. The van der Waals surface area contributed by atoms with Gasteiger partial charge in [0.15, 0.2) is 12.5 Å². The highest BCUT2D eigenvalue weighted by Crippen LogP contribution is 2.51. The summed E-state index contributed by atoms with van der Waals surface area (Å²) in [6.07, 6.45) is 3.33. The van der Waals surface area contributed by atoms with Gasteiger partial charge in [-0.05, 0) is 13.3 Å². The number of aliphatic imine (C=N–C) groups is 1. The molecule has 2 aliphatic heterocycles. The van der Waals surface area contributed by atoms with Gasteiger partial charge in [-0.15, -0.1) is 0 Å². The summed E-state index contributed by atoms with van der Waals surface area (Å²) >= 11 is 2.87. The van der Waals surface area contributed by atoms with Gasteiger partial charge in [0, 0.05) is 23.8 Å². The van der Waals surface area contributed by atoms with Gasteiger partial charge < -0.3 is 37.1 Å². The zero-order chi connectivity index (χ0) is 25.6. The molecule has 0 radical (unpaired) electrons. The number of aliphatic hydroxyl groups excluding tert-OH is 1. The van der Waals surface area contributed by atoms with Crippen molar-refractivity contribution in [2.24, 2.45) is 34.0 Å². The molecule has 0 bridgehead atoms. The van der Waals surface area contributed by atoms with Crippen LogP contribution in [0.1, 0.15) is 25.1 Å². The minimum Gasteiger partial charge on any atom is -0.543 e. The van der Waals surface area contributed by atoms with Gasteiger partial charge in [0.1, 0.15) is 6.20 Å². The lowest BCUT2D eigenvalue weighted by Crippen LogP contribution is -2.64. The maximum atomic E-state index is 12.6. The van der Waals surface area contributed by atoms with Gasteiger partial charge in [-0.25, -0.2) is 4.57 Å². The van der Waals surface area contributed by atoms with E-state index in [4.69, 9.17) is 17.2 Å². The number of hydrogen-bond acceptors (Lipinski definition) is 8. The van der Waals surface area contributed by atoms with Crippen LogP contribution >= 0.6 is 23.1 Å². The molecule has 0 aromatic carbocycles. The van der Waals surface area contributed by atoms with Crippen molar-refractivity contribution in [3.63, 3.8) is 0 Å². The molecule has 0 aliphatic carbocycles. The Morgan fingerprint density at radius 1 is 1.37 bits per heavy atom. The number of aliphatic carboxylic acids is 1. The number of β-lactam (4-membered cyclic amide) rings is 1. The highest BCUT2D eigenvalue weighted by atomic mass is 32.2. The van der Waals surface area contributed by atoms with Crippen LogP contribution in [0.3, 0.4) is 0 Å². The van der Waals surface area contributed by atoms with Gasteiger partial charge in [-0.2, -0.15) is 4.40 Å². The largest absolute Gasteiger partial charge is 0.543 e. The van der Waals surface area contributed by atoms with E-state index in [2.05, 4.69) is 4.99 Å². The number of rotatable bonds is 10. The van der Waals surface area contributed by atoms with E-state index in [0.717, 1.165) is 9.86 Å². The number of nitrogens with two attached hydrogens (primary N) is 3. The molecule has 2 aromatic heterocycles.